The fourth-order valence-corrected chi connectivity index (χ4v) is 3.12. The summed E-state index contributed by atoms with van der Waals surface area (Å²) in [6.07, 6.45) is 0.644. The van der Waals surface area contributed by atoms with Crippen LogP contribution in [0.5, 0.6) is 0 Å². The lowest BCUT2D eigenvalue weighted by Crippen LogP contribution is -2.54. The van der Waals surface area contributed by atoms with E-state index >= 15 is 0 Å². The van der Waals surface area contributed by atoms with E-state index in [1.165, 1.54) is 19.1 Å². The van der Waals surface area contributed by atoms with E-state index in [0.29, 0.717) is 19.4 Å². The molecule has 1 atom stereocenters. The first kappa shape index (κ1) is 18.8. The summed E-state index contributed by atoms with van der Waals surface area (Å²) < 4.78 is 14.9. The lowest BCUT2D eigenvalue weighted by atomic mass is 9.90. The zero-order chi connectivity index (χ0) is 18.3. The molecular formula is C18H23NO6. The molecule has 0 N–H and O–H groups in total. The molecule has 7 heteroatoms. The molecule has 1 heterocycles. The highest BCUT2D eigenvalue weighted by atomic mass is 16.6. The summed E-state index contributed by atoms with van der Waals surface area (Å²) in [5, 5.41) is 0. The van der Waals surface area contributed by atoms with Crippen LogP contribution in [0.1, 0.15) is 31.2 Å². The quantitative estimate of drug-likeness (QED) is 0.579. The molecule has 1 aliphatic rings. The molecule has 1 fully saturated rings. The second-order valence-electron chi connectivity index (χ2n) is 5.89. The lowest BCUT2D eigenvalue weighted by Gasteiger charge is -2.34. The normalized spacial score (nSPS) is 19.4. The highest BCUT2D eigenvalue weighted by Crippen LogP contribution is 2.35. The summed E-state index contributed by atoms with van der Waals surface area (Å²) in [6.45, 7) is 0.494. The Morgan fingerprint density at radius 3 is 2.48 bits per heavy atom. The molecule has 0 radical (unpaired) electrons. The summed E-state index contributed by atoms with van der Waals surface area (Å²) in [4.78, 5) is 37.8. The van der Waals surface area contributed by atoms with Crippen LogP contribution in [0.15, 0.2) is 30.3 Å². The summed E-state index contributed by atoms with van der Waals surface area (Å²) in [5.74, 6) is -0.974. The van der Waals surface area contributed by atoms with Crippen molar-refractivity contribution < 1.29 is 28.6 Å². The predicted molar refractivity (Wildman–Crippen MR) is 88.6 cm³/mol. The van der Waals surface area contributed by atoms with Crippen LogP contribution in [0.4, 0.5) is 4.79 Å². The molecule has 25 heavy (non-hydrogen) atoms. The third-order valence-corrected chi connectivity index (χ3v) is 4.45. The number of rotatable bonds is 6. The summed E-state index contributed by atoms with van der Waals surface area (Å²) in [7, 11) is 2.56. The third-order valence-electron chi connectivity index (χ3n) is 4.45. The van der Waals surface area contributed by atoms with E-state index in [1.807, 2.05) is 30.3 Å². The fourth-order valence-electron chi connectivity index (χ4n) is 3.12. The highest BCUT2D eigenvalue weighted by Gasteiger charge is 2.51. The molecule has 1 amide bonds. The molecule has 0 bridgehead atoms. The van der Waals surface area contributed by atoms with Crippen LogP contribution in [0.25, 0.3) is 0 Å². The van der Waals surface area contributed by atoms with Gasteiger partial charge in [0.1, 0.15) is 12.1 Å². The molecule has 0 aliphatic carbocycles. The molecule has 2 rings (SSSR count). The maximum atomic E-state index is 12.5. The molecular weight excluding hydrogens is 326 g/mol. The minimum atomic E-state index is -1.18. The summed E-state index contributed by atoms with van der Waals surface area (Å²) in [6, 6.07) is 9.29. The van der Waals surface area contributed by atoms with Gasteiger partial charge in [0.2, 0.25) is 0 Å². The van der Waals surface area contributed by atoms with Gasteiger partial charge in [-0.2, -0.15) is 0 Å². The second-order valence-corrected chi connectivity index (χ2v) is 5.89. The second kappa shape index (κ2) is 8.50. The van der Waals surface area contributed by atoms with Gasteiger partial charge in [0.15, 0.2) is 0 Å². The van der Waals surface area contributed by atoms with E-state index in [0.717, 1.165) is 5.56 Å². The SMILES string of the molecule is COC(=O)CC[C@@]1(C(=O)OC)CCCN1C(=O)OCc1ccccc1. The topological polar surface area (TPSA) is 82.1 Å². The van der Waals surface area contributed by atoms with Crippen molar-refractivity contribution in [2.45, 2.75) is 37.8 Å². The first-order valence-electron chi connectivity index (χ1n) is 8.17. The largest absolute Gasteiger partial charge is 0.469 e. The van der Waals surface area contributed by atoms with Gasteiger partial charge in [0.25, 0.3) is 0 Å². The monoisotopic (exact) mass is 349 g/mol. The molecule has 1 aromatic rings. The number of amides is 1. The average molecular weight is 349 g/mol. The van der Waals surface area contributed by atoms with E-state index < -0.39 is 23.6 Å². The van der Waals surface area contributed by atoms with Gasteiger partial charge >= 0.3 is 18.0 Å². The Morgan fingerprint density at radius 2 is 1.84 bits per heavy atom. The minimum Gasteiger partial charge on any atom is -0.469 e. The van der Waals surface area contributed by atoms with Crippen LogP contribution in [-0.4, -0.2) is 49.2 Å². The highest BCUT2D eigenvalue weighted by molar-refractivity contribution is 5.87. The molecule has 0 aromatic heterocycles. The van der Waals surface area contributed by atoms with Crippen LogP contribution in [-0.2, 0) is 30.4 Å². The minimum absolute atomic E-state index is 0.0219. The van der Waals surface area contributed by atoms with Gasteiger partial charge in [-0.25, -0.2) is 9.59 Å². The molecule has 136 valence electrons. The van der Waals surface area contributed by atoms with Crippen molar-refractivity contribution in [2.75, 3.05) is 20.8 Å². The number of hydrogen-bond donors (Lipinski definition) is 0. The molecule has 0 saturated carbocycles. The molecule has 1 aliphatic heterocycles. The Balaban J connectivity index is 2.10. The number of hydrogen-bond acceptors (Lipinski definition) is 6. The van der Waals surface area contributed by atoms with Crippen molar-refractivity contribution in [1.82, 2.24) is 4.90 Å². The van der Waals surface area contributed by atoms with Crippen molar-refractivity contribution in [1.29, 1.82) is 0 Å². The van der Waals surface area contributed by atoms with Crippen LogP contribution in [0, 0.1) is 0 Å². The van der Waals surface area contributed by atoms with Gasteiger partial charge in [-0.1, -0.05) is 30.3 Å². The number of likely N-dealkylation sites (tertiary alicyclic amines) is 1. The predicted octanol–water partition coefficient (Wildman–Crippen LogP) is 2.28. The van der Waals surface area contributed by atoms with Crippen LogP contribution >= 0.6 is 0 Å². The van der Waals surface area contributed by atoms with Crippen LogP contribution in [0.2, 0.25) is 0 Å². The Kier molecular flexibility index (Phi) is 6.38. The average Bonchev–Trinajstić information content (AvgIpc) is 3.09. The van der Waals surface area contributed by atoms with E-state index in [2.05, 4.69) is 4.74 Å². The van der Waals surface area contributed by atoms with Gasteiger partial charge in [0, 0.05) is 13.0 Å². The Hall–Kier alpha value is -2.57. The van der Waals surface area contributed by atoms with Crippen LogP contribution < -0.4 is 0 Å². The van der Waals surface area contributed by atoms with Gasteiger partial charge in [-0.3, -0.25) is 9.69 Å². The first-order chi connectivity index (χ1) is 12.0. The van der Waals surface area contributed by atoms with Crippen molar-refractivity contribution in [3.05, 3.63) is 35.9 Å². The Bertz CT molecular complexity index is 617. The van der Waals surface area contributed by atoms with E-state index in [4.69, 9.17) is 9.47 Å². The van der Waals surface area contributed by atoms with Gasteiger partial charge in [-0.15, -0.1) is 0 Å². The van der Waals surface area contributed by atoms with Crippen molar-refractivity contribution >= 4 is 18.0 Å². The standard InChI is InChI=1S/C18H23NO6/c1-23-15(20)9-11-18(16(21)24-2)10-6-12-19(18)17(22)25-13-14-7-4-3-5-8-14/h3-5,7-8H,6,9-13H2,1-2H3/t18-/m1/s1. The zero-order valence-electron chi connectivity index (χ0n) is 14.5. The number of methoxy groups -OCH3 is 2. The van der Waals surface area contributed by atoms with E-state index in [-0.39, 0.29) is 19.4 Å². The number of ether oxygens (including phenoxy) is 3. The van der Waals surface area contributed by atoms with Crippen molar-refractivity contribution in [2.24, 2.45) is 0 Å². The maximum Gasteiger partial charge on any atom is 0.411 e. The summed E-state index contributed by atoms with van der Waals surface area (Å²) >= 11 is 0. The molecule has 1 aromatic carbocycles. The maximum absolute atomic E-state index is 12.5. The molecule has 0 spiro atoms. The number of nitrogens with zero attached hydrogens (tertiary/aromatic N) is 1. The van der Waals surface area contributed by atoms with Crippen molar-refractivity contribution in [3.8, 4) is 0 Å². The third kappa shape index (κ3) is 4.29. The summed E-state index contributed by atoms with van der Waals surface area (Å²) in [5.41, 5.74) is -0.329. The molecule has 7 nitrogen and oxygen atoms in total. The lowest BCUT2D eigenvalue weighted by molar-refractivity contribution is -0.154. The number of benzene rings is 1. The van der Waals surface area contributed by atoms with E-state index in [1.54, 1.807) is 0 Å². The number of carbonyl (C=O) groups excluding carboxylic acids is 3. The Morgan fingerprint density at radius 1 is 1.12 bits per heavy atom. The van der Waals surface area contributed by atoms with Gasteiger partial charge < -0.3 is 14.2 Å². The van der Waals surface area contributed by atoms with Crippen LogP contribution in [0.3, 0.4) is 0 Å². The molecule has 0 unspecified atom stereocenters. The fraction of sp³-hybridized carbons (Fsp3) is 0.500. The first-order valence-corrected chi connectivity index (χ1v) is 8.17. The number of carbonyl (C=O) groups is 3. The van der Waals surface area contributed by atoms with Crippen molar-refractivity contribution in [3.63, 3.8) is 0 Å². The molecule has 1 saturated heterocycles. The van der Waals surface area contributed by atoms with Gasteiger partial charge in [-0.05, 0) is 24.8 Å². The smallest absolute Gasteiger partial charge is 0.411 e. The van der Waals surface area contributed by atoms with E-state index in [9.17, 15) is 14.4 Å². The Labute approximate surface area is 146 Å². The number of esters is 2. The zero-order valence-corrected chi connectivity index (χ0v) is 14.5. The van der Waals surface area contributed by atoms with Gasteiger partial charge in [0.05, 0.1) is 14.2 Å².